The molecule has 1 saturated carbocycles. The van der Waals surface area contributed by atoms with Gasteiger partial charge in [-0.25, -0.2) is 0 Å². The first-order valence-electron chi connectivity index (χ1n) is 8.18. The van der Waals surface area contributed by atoms with Crippen molar-refractivity contribution in [2.75, 3.05) is 13.2 Å². The summed E-state index contributed by atoms with van der Waals surface area (Å²) >= 11 is 0. The third kappa shape index (κ3) is 3.47. The number of hydrogen-bond acceptors (Lipinski definition) is 4. The van der Waals surface area contributed by atoms with Gasteiger partial charge in [0.25, 0.3) is 0 Å². The summed E-state index contributed by atoms with van der Waals surface area (Å²) in [5.74, 6) is 0.119. The van der Waals surface area contributed by atoms with Crippen LogP contribution in [0.25, 0.3) is 0 Å². The Morgan fingerprint density at radius 1 is 1.48 bits per heavy atom. The maximum Gasteiger partial charge on any atom is 0.314 e. The van der Waals surface area contributed by atoms with Gasteiger partial charge in [0.2, 0.25) is 0 Å². The van der Waals surface area contributed by atoms with Crippen LogP contribution in [0.1, 0.15) is 53.9 Å². The summed E-state index contributed by atoms with van der Waals surface area (Å²) < 4.78 is 10.3. The first kappa shape index (κ1) is 16.5. The van der Waals surface area contributed by atoms with Crippen molar-refractivity contribution in [1.29, 1.82) is 0 Å². The van der Waals surface area contributed by atoms with Gasteiger partial charge in [-0.1, -0.05) is 20.8 Å². The zero-order valence-electron chi connectivity index (χ0n) is 14.0. The molecule has 0 spiro atoms. The molecule has 0 amide bonds. The quantitative estimate of drug-likeness (QED) is 0.392. The number of hydrogen-bond donors (Lipinski definition) is 0. The van der Waals surface area contributed by atoms with Crippen molar-refractivity contribution >= 4 is 12.2 Å². The lowest BCUT2D eigenvalue weighted by Crippen LogP contribution is -2.38. The molecule has 0 N–H and O–H groups in total. The number of esters is 1. The number of carbonyl (C=O) groups is 1. The summed E-state index contributed by atoms with van der Waals surface area (Å²) in [4.78, 5) is 16.7. The third-order valence-corrected chi connectivity index (χ3v) is 5.42. The van der Waals surface area contributed by atoms with Crippen LogP contribution >= 0.6 is 0 Å². The minimum Gasteiger partial charge on any atom is -0.462 e. The monoisotopic (exact) mass is 295 g/mol. The first-order chi connectivity index (χ1) is 9.84. The molecular weight excluding hydrogens is 266 g/mol. The molecule has 3 atom stereocenters. The van der Waals surface area contributed by atoms with Gasteiger partial charge in [-0.2, -0.15) is 0 Å². The van der Waals surface area contributed by atoms with Crippen molar-refractivity contribution < 1.29 is 14.3 Å². The van der Waals surface area contributed by atoms with E-state index in [1.807, 2.05) is 6.92 Å². The van der Waals surface area contributed by atoms with E-state index in [0.29, 0.717) is 24.5 Å². The van der Waals surface area contributed by atoms with Crippen molar-refractivity contribution in [2.24, 2.45) is 22.2 Å². The largest absolute Gasteiger partial charge is 0.462 e. The Kier molecular flexibility index (Phi) is 4.76. The first-order valence-corrected chi connectivity index (χ1v) is 8.18. The summed E-state index contributed by atoms with van der Waals surface area (Å²) in [6, 6.07) is 0. The van der Waals surface area contributed by atoms with E-state index in [1.54, 1.807) is 6.21 Å². The second-order valence-corrected chi connectivity index (χ2v) is 7.09. The van der Waals surface area contributed by atoms with Crippen LogP contribution in [-0.2, 0) is 14.3 Å². The molecule has 1 saturated heterocycles. The number of carbonyl (C=O) groups excluding carboxylic acids is 1. The maximum absolute atomic E-state index is 11.9. The molecule has 0 aromatic carbocycles. The van der Waals surface area contributed by atoms with Crippen LogP contribution in [-0.4, -0.2) is 37.0 Å². The molecule has 0 bridgehead atoms. The summed E-state index contributed by atoms with van der Waals surface area (Å²) in [5.41, 5.74) is 0.235. The fraction of sp³-hybridized carbons (Fsp3) is 0.882. The van der Waals surface area contributed by atoms with E-state index in [1.165, 1.54) is 12.8 Å². The molecule has 1 heterocycles. The molecule has 0 aromatic rings. The van der Waals surface area contributed by atoms with Crippen LogP contribution in [0.2, 0.25) is 0 Å². The molecule has 21 heavy (non-hydrogen) atoms. The molecule has 1 aliphatic heterocycles. The zero-order chi connectivity index (χ0) is 15.7. The van der Waals surface area contributed by atoms with Gasteiger partial charge in [-0.3, -0.25) is 9.79 Å². The van der Waals surface area contributed by atoms with Crippen molar-refractivity contribution in [1.82, 2.24) is 0 Å². The average Bonchev–Trinajstić information content (AvgIpc) is 3.33. The highest BCUT2D eigenvalue weighted by Gasteiger charge is 2.57. The summed E-state index contributed by atoms with van der Waals surface area (Å²) in [6.45, 7) is 11.9. The Balaban J connectivity index is 1.94. The molecule has 0 radical (unpaired) electrons. The van der Waals surface area contributed by atoms with Gasteiger partial charge in [0.15, 0.2) is 0 Å². The zero-order valence-corrected chi connectivity index (χ0v) is 14.0. The lowest BCUT2D eigenvalue weighted by atomic mass is 9.73. The number of nitrogens with zero attached hydrogens (tertiary/aromatic N) is 1. The smallest absolute Gasteiger partial charge is 0.314 e. The lowest BCUT2D eigenvalue weighted by molar-refractivity contribution is -0.145. The number of rotatable bonds is 8. The molecule has 2 fully saturated rings. The highest BCUT2D eigenvalue weighted by Crippen LogP contribution is 2.61. The molecule has 4 heteroatoms. The average molecular weight is 295 g/mol. The Morgan fingerprint density at radius 2 is 2.10 bits per heavy atom. The van der Waals surface area contributed by atoms with E-state index in [-0.39, 0.29) is 23.5 Å². The molecule has 2 aliphatic rings. The molecule has 4 nitrogen and oxygen atoms in total. The molecule has 3 unspecified atom stereocenters. The highest BCUT2D eigenvalue weighted by atomic mass is 16.6. The van der Waals surface area contributed by atoms with Gasteiger partial charge in [-0.05, 0) is 44.4 Å². The van der Waals surface area contributed by atoms with Crippen LogP contribution in [0.15, 0.2) is 4.99 Å². The van der Waals surface area contributed by atoms with E-state index < -0.39 is 0 Å². The summed E-state index contributed by atoms with van der Waals surface area (Å²) in [7, 11) is 0. The highest BCUT2D eigenvalue weighted by molar-refractivity contribution is 5.89. The van der Waals surface area contributed by atoms with Gasteiger partial charge in [0, 0.05) is 6.21 Å². The Labute approximate surface area is 128 Å². The van der Waals surface area contributed by atoms with Gasteiger partial charge >= 0.3 is 5.97 Å². The summed E-state index contributed by atoms with van der Waals surface area (Å²) in [5, 5.41) is 0. The molecule has 1 aliphatic carbocycles. The van der Waals surface area contributed by atoms with Crippen LogP contribution < -0.4 is 0 Å². The van der Waals surface area contributed by atoms with Crippen LogP contribution in [0.5, 0.6) is 0 Å². The van der Waals surface area contributed by atoms with Crippen molar-refractivity contribution in [3.63, 3.8) is 0 Å². The van der Waals surface area contributed by atoms with Gasteiger partial charge in [0.05, 0.1) is 18.1 Å². The Bertz CT molecular complexity index is 410. The molecule has 0 aromatic heterocycles. The van der Waals surface area contributed by atoms with E-state index in [4.69, 9.17) is 14.5 Å². The molecular formula is C17H29NO3. The number of epoxide rings is 1. The van der Waals surface area contributed by atoms with E-state index in [9.17, 15) is 4.79 Å². The SMILES string of the molecule is CCC(C)(N=CC(C)C(=O)OCC1CO1)C1(C(C)C)CC1. The van der Waals surface area contributed by atoms with Crippen LogP contribution in [0.4, 0.5) is 0 Å². The predicted molar refractivity (Wildman–Crippen MR) is 83.6 cm³/mol. The minimum absolute atomic E-state index is 0.0741. The van der Waals surface area contributed by atoms with Crippen LogP contribution in [0, 0.1) is 17.3 Å². The molecule has 2 rings (SSSR count). The second-order valence-electron chi connectivity index (χ2n) is 7.09. The fourth-order valence-electron chi connectivity index (χ4n) is 3.25. The van der Waals surface area contributed by atoms with Crippen molar-refractivity contribution in [3.05, 3.63) is 0 Å². The normalized spacial score (nSPS) is 27.4. The number of aliphatic imine (C=N–C) groups is 1. The maximum atomic E-state index is 11.9. The standard InChI is InChI=1S/C17H29NO3/c1-6-16(5,17(7-8-17)12(2)3)18-9-13(4)15(19)21-11-14-10-20-14/h9,12-14H,6-8,10-11H2,1-5H3. The second kappa shape index (κ2) is 6.07. The van der Waals surface area contributed by atoms with Gasteiger partial charge in [0.1, 0.15) is 12.7 Å². The van der Waals surface area contributed by atoms with Crippen molar-refractivity contribution in [2.45, 2.75) is 65.5 Å². The Morgan fingerprint density at radius 3 is 2.52 bits per heavy atom. The minimum atomic E-state index is -0.294. The summed E-state index contributed by atoms with van der Waals surface area (Å²) in [6.07, 6.45) is 5.39. The van der Waals surface area contributed by atoms with Gasteiger partial charge in [-0.15, -0.1) is 0 Å². The van der Waals surface area contributed by atoms with Gasteiger partial charge < -0.3 is 9.47 Å². The number of ether oxygens (including phenoxy) is 2. The van der Waals surface area contributed by atoms with E-state index in [0.717, 1.165) is 6.42 Å². The third-order valence-electron chi connectivity index (χ3n) is 5.42. The lowest BCUT2D eigenvalue weighted by Gasteiger charge is -2.37. The Hall–Kier alpha value is -0.900. The fourth-order valence-corrected chi connectivity index (χ4v) is 3.25. The van der Waals surface area contributed by atoms with Crippen LogP contribution in [0.3, 0.4) is 0 Å². The van der Waals surface area contributed by atoms with Crippen molar-refractivity contribution in [3.8, 4) is 0 Å². The van der Waals surface area contributed by atoms with E-state index in [2.05, 4.69) is 27.7 Å². The predicted octanol–water partition coefficient (Wildman–Crippen LogP) is 3.24. The topological polar surface area (TPSA) is 51.2 Å². The molecule has 120 valence electrons. The van der Waals surface area contributed by atoms with E-state index >= 15 is 0 Å².